The third-order valence-corrected chi connectivity index (χ3v) is 3.49. The van der Waals surface area contributed by atoms with Crippen LogP contribution in [0.3, 0.4) is 0 Å². The van der Waals surface area contributed by atoms with Crippen molar-refractivity contribution in [1.82, 2.24) is 0 Å². The number of unbranched alkanes of at least 4 members (excludes halogenated alkanes) is 3. The number of hydrogen-bond donors (Lipinski definition) is 0. The van der Waals surface area contributed by atoms with Gasteiger partial charge in [0.25, 0.3) is 0 Å². The average molecular weight is 360 g/mol. The zero-order chi connectivity index (χ0) is 19.1. The van der Waals surface area contributed by atoms with Gasteiger partial charge in [0.05, 0.1) is 32.7 Å². The second-order valence-corrected chi connectivity index (χ2v) is 5.59. The van der Waals surface area contributed by atoms with Crippen molar-refractivity contribution in [3.63, 3.8) is 0 Å². The summed E-state index contributed by atoms with van der Waals surface area (Å²) in [6.45, 7) is 7.78. The third-order valence-electron chi connectivity index (χ3n) is 3.49. The lowest BCUT2D eigenvalue weighted by Gasteiger charge is -2.29. The monoisotopic (exact) mass is 360 g/mol. The van der Waals surface area contributed by atoms with E-state index < -0.39 is 29.9 Å². The van der Waals surface area contributed by atoms with Gasteiger partial charge in [-0.3, -0.25) is 9.59 Å². The van der Waals surface area contributed by atoms with Crippen LogP contribution in [0.2, 0.25) is 0 Å². The molecule has 0 rings (SSSR count). The maximum atomic E-state index is 12.4. The van der Waals surface area contributed by atoms with E-state index in [1.54, 1.807) is 20.8 Å². The van der Waals surface area contributed by atoms with Crippen molar-refractivity contribution in [3.05, 3.63) is 0 Å². The van der Waals surface area contributed by atoms with Crippen LogP contribution in [0.1, 0.15) is 66.2 Å². The van der Waals surface area contributed by atoms with Crippen LogP contribution in [0.5, 0.6) is 0 Å². The average Bonchev–Trinajstić information content (AvgIpc) is 2.55. The molecule has 7 heteroatoms. The Bertz CT molecular complexity index is 408. The van der Waals surface area contributed by atoms with E-state index in [2.05, 4.69) is 6.92 Å². The van der Waals surface area contributed by atoms with E-state index >= 15 is 0 Å². The molecule has 0 aromatic rings. The zero-order valence-electron chi connectivity index (χ0n) is 15.9. The smallest absolute Gasteiger partial charge is 0.339 e. The van der Waals surface area contributed by atoms with Crippen LogP contribution in [0.4, 0.5) is 0 Å². The molecule has 0 aliphatic carbocycles. The number of esters is 3. The molecule has 0 saturated heterocycles. The Kier molecular flexibility index (Phi) is 12.7. The summed E-state index contributed by atoms with van der Waals surface area (Å²) in [4.78, 5) is 36.4. The molecule has 0 radical (unpaired) electrons. The number of carbonyl (C=O) groups is 3. The Hall–Kier alpha value is -1.63. The van der Waals surface area contributed by atoms with Crippen LogP contribution < -0.4 is 0 Å². The van der Waals surface area contributed by atoms with Crippen LogP contribution in [0.15, 0.2) is 0 Å². The van der Waals surface area contributed by atoms with E-state index in [0.717, 1.165) is 25.7 Å². The maximum Gasteiger partial charge on any atom is 0.339 e. The molecule has 0 aliphatic rings. The fourth-order valence-electron chi connectivity index (χ4n) is 2.35. The van der Waals surface area contributed by atoms with Gasteiger partial charge in [-0.05, 0) is 27.2 Å². The molecule has 25 heavy (non-hydrogen) atoms. The first-order valence-electron chi connectivity index (χ1n) is 9.08. The van der Waals surface area contributed by atoms with Crippen molar-refractivity contribution in [2.75, 3.05) is 26.4 Å². The van der Waals surface area contributed by atoms with Crippen molar-refractivity contribution in [2.24, 2.45) is 0 Å². The molecule has 0 heterocycles. The Morgan fingerprint density at radius 1 is 0.720 bits per heavy atom. The highest BCUT2D eigenvalue weighted by atomic mass is 16.6. The highest BCUT2D eigenvalue weighted by molar-refractivity contribution is 5.90. The van der Waals surface area contributed by atoms with E-state index in [4.69, 9.17) is 18.9 Å². The molecule has 0 aliphatic heterocycles. The molecule has 0 aromatic heterocycles. The summed E-state index contributed by atoms with van der Waals surface area (Å²) in [5.74, 6) is -1.98. The Balaban J connectivity index is 4.97. The van der Waals surface area contributed by atoms with E-state index in [1.165, 1.54) is 0 Å². The van der Waals surface area contributed by atoms with Gasteiger partial charge in [0.1, 0.15) is 0 Å². The second kappa shape index (κ2) is 13.6. The topological polar surface area (TPSA) is 88.1 Å². The predicted octanol–water partition coefficient (Wildman–Crippen LogP) is 2.79. The summed E-state index contributed by atoms with van der Waals surface area (Å²) < 4.78 is 20.6. The number of ether oxygens (including phenoxy) is 4. The van der Waals surface area contributed by atoms with Crippen LogP contribution >= 0.6 is 0 Å². The fraction of sp³-hybridized carbons (Fsp3) is 0.833. The van der Waals surface area contributed by atoms with Crippen LogP contribution in [0, 0.1) is 0 Å². The van der Waals surface area contributed by atoms with Crippen LogP contribution in [-0.2, 0) is 33.3 Å². The number of hydrogen-bond acceptors (Lipinski definition) is 7. The molecule has 146 valence electrons. The molecular weight excluding hydrogens is 328 g/mol. The molecule has 0 amide bonds. The summed E-state index contributed by atoms with van der Waals surface area (Å²) in [7, 11) is 0. The Labute approximate surface area is 150 Å². The van der Waals surface area contributed by atoms with Crippen molar-refractivity contribution in [3.8, 4) is 0 Å². The van der Waals surface area contributed by atoms with E-state index in [0.29, 0.717) is 0 Å². The van der Waals surface area contributed by atoms with Crippen LogP contribution in [-0.4, -0.2) is 49.9 Å². The Morgan fingerprint density at radius 2 is 1.32 bits per heavy atom. The first-order valence-corrected chi connectivity index (χ1v) is 9.08. The van der Waals surface area contributed by atoms with Gasteiger partial charge < -0.3 is 18.9 Å². The SMILES string of the molecule is CCCCCCOC(=O)CC(CC(=O)OCC)(OCC)C(=O)OCC. The van der Waals surface area contributed by atoms with E-state index in [-0.39, 0.29) is 32.8 Å². The molecule has 7 nitrogen and oxygen atoms in total. The minimum Gasteiger partial charge on any atom is -0.466 e. The second-order valence-electron chi connectivity index (χ2n) is 5.59. The summed E-state index contributed by atoms with van der Waals surface area (Å²) in [6, 6.07) is 0. The van der Waals surface area contributed by atoms with Gasteiger partial charge >= 0.3 is 17.9 Å². The summed E-state index contributed by atoms with van der Waals surface area (Å²) in [5, 5.41) is 0. The predicted molar refractivity (Wildman–Crippen MR) is 92.0 cm³/mol. The lowest BCUT2D eigenvalue weighted by atomic mass is 9.95. The van der Waals surface area contributed by atoms with Gasteiger partial charge in [-0.2, -0.15) is 0 Å². The Morgan fingerprint density at radius 3 is 1.84 bits per heavy atom. The standard InChI is InChI=1S/C18H32O7/c1-5-9-10-11-12-24-16(20)14-18(25-8-4,17(21)23-7-3)13-15(19)22-6-2/h5-14H2,1-4H3. The van der Waals surface area contributed by atoms with E-state index in [1.807, 2.05) is 0 Å². The normalized spacial score (nSPS) is 13.0. The molecule has 1 atom stereocenters. The minimum atomic E-state index is -1.71. The van der Waals surface area contributed by atoms with Crippen molar-refractivity contribution >= 4 is 17.9 Å². The molecular formula is C18H32O7. The first-order chi connectivity index (χ1) is 12.0. The quantitative estimate of drug-likeness (QED) is 0.267. The maximum absolute atomic E-state index is 12.4. The lowest BCUT2D eigenvalue weighted by molar-refractivity contribution is -0.184. The molecule has 0 spiro atoms. The van der Waals surface area contributed by atoms with Gasteiger partial charge in [-0.25, -0.2) is 4.79 Å². The number of rotatable bonds is 14. The summed E-state index contributed by atoms with van der Waals surface area (Å²) in [6.07, 6.45) is 3.13. The number of carbonyl (C=O) groups excluding carboxylic acids is 3. The molecule has 0 aromatic carbocycles. The van der Waals surface area contributed by atoms with Gasteiger partial charge in [0.15, 0.2) is 5.60 Å². The largest absolute Gasteiger partial charge is 0.466 e. The van der Waals surface area contributed by atoms with Crippen molar-refractivity contribution < 1.29 is 33.3 Å². The molecule has 1 unspecified atom stereocenters. The van der Waals surface area contributed by atoms with E-state index in [9.17, 15) is 14.4 Å². The lowest BCUT2D eigenvalue weighted by Crippen LogP contribution is -2.47. The van der Waals surface area contributed by atoms with Gasteiger partial charge in [-0.15, -0.1) is 0 Å². The third kappa shape index (κ3) is 9.43. The highest BCUT2D eigenvalue weighted by Gasteiger charge is 2.46. The van der Waals surface area contributed by atoms with Gasteiger partial charge in [0.2, 0.25) is 0 Å². The summed E-state index contributed by atoms with van der Waals surface area (Å²) in [5.41, 5.74) is -1.71. The fourth-order valence-corrected chi connectivity index (χ4v) is 2.35. The molecule has 0 saturated carbocycles. The molecule has 0 N–H and O–H groups in total. The van der Waals surface area contributed by atoms with Crippen LogP contribution in [0.25, 0.3) is 0 Å². The van der Waals surface area contributed by atoms with Crippen molar-refractivity contribution in [1.29, 1.82) is 0 Å². The molecule has 0 bridgehead atoms. The summed E-state index contributed by atoms with van der Waals surface area (Å²) >= 11 is 0. The van der Waals surface area contributed by atoms with Crippen molar-refractivity contribution in [2.45, 2.75) is 71.8 Å². The first kappa shape index (κ1) is 23.4. The zero-order valence-corrected chi connectivity index (χ0v) is 15.9. The molecule has 0 fully saturated rings. The minimum absolute atomic E-state index is 0.114. The highest BCUT2D eigenvalue weighted by Crippen LogP contribution is 2.25. The van der Waals surface area contributed by atoms with Gasteiger partial charge in [-0.1, -0.05) is 26.2 Å². The van der Waals surface area contributed by atoms with Gasteiger partial charge in [0, 0.05) is 6.61 Å².